The molecular formula is C14H12N2O6S2-2. The number of nitrogens with zero attached hydrogens (tertiary/aromatic N) is 1. The molecule has 0 aliphatic carbocycles. The van der Waals surface area contributed by atoms with E-state index in [1.165, 1.54) is 29.2 Å². The Kier molecular flexibility index (Phi) is 6.17. The van der Waals surface area contributed by atoms with Gasteiger partial charge in [0.25, 0.3) is 0 Å². The van der Waals surface area contributed by atoms with Crippen molar-refractivity contribution in [2.45, 2.75) is 6.92 Å². The van der Waals surface area contributed by atoms with Crippen molar-refractivity contribution in [3.8, 4) is 0 Å². The van der Waals surface area contributed by atoms with E-state index in [1.54, 1.807) is 24.3 Å². The second-order valence-corrected chi connectivity index (χ2v) is 6.04. The van der Waals surface area contributed by atoms with E-state index >= 15 is 0 Å². The number of carbonyl (C=O) groups excluding carboxylic acids is 1. The molecule has 2 rings (SSSR count). The number of nitrogens with one attached hydrogen (secondary N) is 1. The molecule has 2 aromatic rings. The molecule has 2 unspecified atom stereocenters. The summed E-state index contributed by atoms with van der Waals surface area (Å²) < 4.78 is 44.7. The molecule has 0 aliphatic heterocycles. The van der Waals surface area contributed by atoms with Crippen LogP contribution in [0.4, 0.5) is 11.4 Å². The smallest absolute Gasteiger partial charge is 0.357 e. The molecule has 24 heavy (non-hydrogen) atoms. The number of carbonyl (C=O) groups is 1. The molecule has 0 saturated carbocycles. The maximum atomic E-state index is 11.6. The van der Waals surface area contributed by atoms with Crippen molar-refractivity contribution < 1.29 is 27.2 Å². The van der Waals surface area contributed by atoms with E-state index in [9.17, 15) is 22.3 Å². The zero-order valence-electron chi connectivity index (χ0n) is 12.3. The average Bonchev–Trinajstić information content (AvgIpc) is 2.55. The number of hydrogen-bond donors (Lipinski definition) is 1. The van der Waals surface area contributed by atoms with E-state index in [0.717, 1.165) is 9.87 Å². The quantitative estimate of drug-likeness (QED) is 0.607. The summed E-state index contributed by atoms with van der Waals surface area (Å²) in [4.78, 5) is 17.4. The molecule has 0 spiro atoms. The second-order valence-electron chi connectivity index (χ2n) is 4.60. The predicted octanol–water partition coefficient (Wildman–Crippen LogP) is 1.38. The van der Waals surface area contributed by atoms with Crippen LogP contribution in [-0.4, -0.2) is 23.5 Å². The first-order valence-corrected chi connectivity index (χ1v) is 8.61. The largest absolute Gasteiger partial charge is 0.758 e. The minimum Gasteiger partial charge on any atom is -0.758 e. The van der Waals surface area contributed by atoms with E-state index in [-0.39, 0.29) is 5.56 Å². The molecule has 0 bridgehead atoms. The maximum absolute atomic E-state index is 11.6. The van der Waals surface area contributed by atoms with Gasteiger partial charge in [0.1, 0.15) is 0 Å². The first kappa shape index (κ1) is 18.2. The lowest BCUT2D eigenvalue weighted by Gasteiger charge is -2.26. The molecule has 0 amide bonds. The fourth-order valence-corrected chi connectivity index (χ4v) is 2.60. The van der Waals surface area contributed by atoms with E-state index in [0.29, 0.717) is 11.4 Å². The van der Waals surface area contributed by atoms with Crippen LogP contribution in [0.15, 0.2) is 48.5 Å². The number of rotatable bonds is 6. The van der Waals surface area contributed by atoms with Crippen molar-refractivity contribution in [2.24, 2.45) is 0 Å². The Morgan fingerprint density at radius 3 is 1.96 bits per heavy atom. The van der Waals surface area contributed by atoms with Gasteiger partial charge in [-0.05, 0) is 43.3 Å². The summed E-state index contributed by atoms with van der Waals surface area (Å²) in [6.07, 6.45) is 0. The van der Waals surface area contributed by atoms with Crippen LogP contribution in [0.3, 0.4) is 0 Å². The number of hydrogen-bond acceptors (Lipinski definition) is 6. The zero-order chi connectivity index (χ0) is 17.7. The van der Waals surface area contributed by atoms with Crippen LogP contribution < -0.4 is 9.19 Å². The minimum atomic E-state index is -2.74. The highest BCUT2D eigenvalue weighted by Crippen LogP contribution is 2.27. The molecule has 0 heterocycles. The SMILES string of the molecule is Cc1ccc(N(c2ccc(C(=O)ONS(=O)[O-])cc2)S(=O)[O-])cc1. The van der Waals surface area contributed by atoms with Gasteiger partial charge in [-0.25, -0.2) is 4.79 Å². The maximum Gasteiger partial charge on any atom is 0.357 e. The van der Waals surface area contributed by atoms with Crippen LogP contribution in [0.25, 0.3) is 0 Å². The average molecular weight is 368 g/mol. The lowest BCUT2D eigenvalue weighted by atomic mass is 10.2. The highest BCUT2D eigenvalue weighted by atomic mass is 32.2. The third-order valence-electron chi connectivity index (χ3n) is 2.96. The Bertz CT molecular complexity index is 764. The van der Waals surface area contributed by atoms with Crippen molar-refractivity contribution in [3.63, 3.8) is 0 Å². The first-order chi connectivity index (χ1) is 11.4. The Hall–Kier alpha value is -2.11. The summed E-state index contributed by atoms with van der Waals surface area (Å²) >= 11 is -5.30. The van der Waals surface area contributed by atoms with Gasteiger partial charge in [-0.15, -0.1) is 0 Å². The third-order valence-corrected chi connectivity index (χ3v) is 3.90. The van der Waals surface area contributed by atoms with Gasteiger partial charge >= 0.3 is 5.97 Å². The van der Waals surface area contributed by atoms with E-state index in [4.69, 9.17) is 0 Å². The predicted molar refractivity (Wildman–Crippen MR) is 86.2 cm³/mol. The number of benzene rings is 2. The summed E-state index contributed by atoms with van der Waals surface area (Å²) in [7, 11) is 0. The Balaban J connectivity index is 2.23. The van der Waals surface area contributed by atoms with Gasteiger partial charge < -0.3 is 13.9 Å². The van der Waals surface area contributed by atoms with E-state index in [2.05, 4.69) is 4.84 Å². The monoisotopic (exact) mass is 368 g/mol. The van der Waals surface area contributed by atoms with E-state index < -0.39 is 28.5 Å². The fraction of sp³-hybridized carbons (Fsp3) is 0.0714. The van der Waals surface area contributed by atoms with Crippen LogP contribution in [0, 0.1) is 6.92 Å². The lowest BCUT2D eigenvalue weighted by Crippen LogP contribution is -2.22. The van der Waals surface area contributed by atoms with Crippen LogP contribution in [0.5, 0.6) is 0 Å². The number of aryl methyl sites for hydroxylation is 1. The highest BCUT2D eigenvalue weighted by Gasteiger charge is 2.12. The Labute approximate surface area is 143 Å². The van der Waals surface area contributed by atoms with Crippen LogP contribution >= 0.6 is 0 Å². The summed E-state index contributed by atoms with van der Waals surface area (Å²) in [6, 6.07) is 12.3. The summed E-state index contributed by atoms with van der Waals surface area (Å²) in [6.45, 7) is 1.88. The summed E-state index contributed by atoms with van der Waals surface area (Å²) in [5.74, 6) is -0.920. The molecule has 2 aromatic carbocycles. The number of anilines is 2. The molecule has 0 fully saturated rings. The van der Waals surface area contributed by atoms with Crippen molar-refractivity contribution >= 4 is 39.9 Å². The standard InChI is InChI=1S/C14H14N2O6S2/c1-10-2-6-12(7-3-10)16(24(20)21)13-8-4-11(5-9-13)14(17)22-15-23(18)19/h2-9,15H,1H3,(H,18,19)(H,20,21)/p-2. The van der Waals surface area contributed by atoms with Crippen molar-refractivity contribution in [2.75, 3.05) is 4.31 Å². The van der Waals surface area contributed by atoms with Gasteiger partial charge in [-0.1, -0.05) is 22.6 Å². The lowest BCUT2D eigenvalue weighted by molar-refractivity contribution is 0.0404. The zero-order valence-corrected chi connectivity index (χ0v) is 14.0. The molecule has 10 heteroatoms. The van der Waals surface area contributed by atoms with Crippen molar-refractivity contribution in [3.05, 3.63) is 59.7 Å². The normalized spacial score (nSPS) is 13.1. The van der Waals surface area contributed by atoms with Crippen molar-refractivity contribution in [1.29, 1.82) is 0 Å². The first-order valence-electron chi connectivity index (χ1n) is 6.51. The van der Waals surface area contributed by atoms with Gasteiger partial charge in [0.2, 0.25) is 0 Å². The van der Waals surface area contributed by atoms with Gasteiger partial charge in [-0.2, -0.15) is 0 Å². The minimum absolute atomic E-state index is 0.0530. The molecule has 0 saturated heterocycles. The molecule has 0 aromatic heterocycles. The summed E-state index contributed by atoms with van der Waals surface area (Å²) in [5, 5.41) is 0. The van der Waals surface area contributed by atoms with Gasteiger partial charge in [0.15, 0.2) is 0 Å². The molecule has 0 radical (unpaired) electrons. The van der Waals surface area contributed by atoms with Crippen LogP contribution in [0.2, 0.25) is 0 Å². The fourth-order valence-electron chi connectivity index (χ4n) is 1.87. The topological polar surface area (TPSA) is 122 Å². The molecule has 1 N–H and O–H groups in total. The van der Waals surface area contributed by atoms with Gasteiger partial charge in [0, 0.05) is 0 Å². The van der Waals surface area contributed by atoms with Gasteiger partial charge in [0.05, 0.1) is 39.5 Å². The summed E-state index contributed by atoms with van der Waals surface area (Å²) in [5.41, 5.74) is 1.78. The third kappa shape index (κ3) is 4.69. The van der Waals surface area contributed by atoms with Crippen LogP contribution in [0.1, 0.15) is 15.9 Å². The Morgan fingerprint density at radius 2 is 1.50 bits per heavy atom. The second kappa shape index (κ2) is 8.13. The van der Waals surface area contributed by atoms with Crippen molar-refractivity contribution in [1.82, 2.24) is 4.89 Å². The van der Waals surface area contributed by atoms with Crippen LogP contribution in [-0.2, 0) is 27.4 Å². The van der Waals surface area contributed by atoms with Gasteiger partial charge in [-0.3, -0.25) is 12.7 Å². The van der Waals surface area contributed by atoms with E-state index in [1.807, 2.05) is 6.92 Å². The molecule has 8 nitrogen and oxygen atoms in total. The Morgan fingerprint density at radius 1 is 1.00 bits per heavy atom. The molecule has 0 aliphatic rings. The highest BCUT2D eigenvalue weighted by molar-refractivity contribution is 7.81. The molecule has 2 atom stereocenters. The molecule has 128 valence electrons. The molecular weight excluding hydrogens is 356 g/mol.